The highest BCUT2D eigenvalue weighted by Gasteiger charge is 2.12. The van der Waals surface area contributed by atoms with Crippen LogP contribution in [0.1, 0.15) is 40.5 Å². The lowest BCUT2D eigenvalue weighted by molar-refractivity contribution is -0.118. The Hall–Kier alpha value is -0.830. The fourth-order valence-corrected chi connectivity index (χ4v) is 1.48. The van der Waals surface area contributed by atoms with Crippen molar-refractivity contribution >= 4 is 5.91 Å². The minimum absolute atomic E-state index is 0.00736. The summed E-state index contributed by atoms with van der Waals surface area (Å²) < 4.78 is 0. The van der Waals surface area contributed by atoms with Crippen LogP contribution in [0.15, 0.2) is 11.6 Å². The van der Waals surface area contributed by atoms with Crippen LogP contribution in [0, 0.1) is 5.92 Å². The van der Waals surface area contributed by atoms with Gasteiger partial charge in [0.2, 0.25) is 5.91 Å². The van der Waals surface area contributed by atoms with Crippen molar-refractivity contribution in [1.29, 1.82) is 0 Å². The molecular formula is C12H24N2O. The van der Waals surface area contributed by atoms with Gasteiger partial charge in [-0.15, -0.1) is 0 Å². The maximum atomic E-state index is 11.6. The van der Waals surface area contributed by atoms with Crippen molar-refractivity contribution in [3.63, 3.8) is 0 Å². The summed E-state index contributed by atoms with van der Waals surface area (Å²) in [5.41, 5.74) is 6.39. The fraction of sp³-hybridized carbons (Fsp3) is 0.750. The Morgan fingerprint density at radius 1 is 1.47 bits per heavy atom. The first-order valence-electron chi connectivity index (χ1n) is 5.68. The van der Waals surface area contributed by atoms with Gasteiger partial charge in [0.05, 0.1) is 0 Å². The Morgan fingerprint density at radius 2 is 2.07 bits per heavy atom. The summed E-state index contributed by atoms with van der Waals surface area (Å²) in [4.78, 5) is 11.6. The minimum Gasteiger partial charge on any atom is -0.348 e. The second-order valence-corrected chi connectivity index (χ2v) is 4.33. The highest BCUT2D eigenvalue weighted by atomic mass is 16.1. The Labute approximate surface area is 93.1 Å². The second-order valence-electron chi connectivity index (χ2n) is 4.33. The zero-order valence-corrected chi connectivity index (χ0v) is 10.3. The largest absolute Gasteiger partial charge is 0.348 e. The van der Waals surface area contributed by atoms with Gasteiger partial charge >= 0.3 is 0 Å². The predicted octanol–water partition coefficient (Wildman–Crippen LogP) is 1.83. The summed E-state index contributed by atoms with van der Waals surface area (Å²) in [5.74, 6) is 0.558. The Kier molecular flexibility index (Phi) is 7.05. The third-order valence-electron chi connectivity index (χ3n) is 2.24. The summed E-state index contributed by atoms with van der Waals surface area (Å²) in [6.45, 7) is 8.61. The zero-order valence-electron chi connectivity index (χ0n) is 10.3. The molecular weight excluding hydrogens is 188 g/mol. The topological polar surface area (TPSA) is 55.1 Å². The van der Waals surface area contributed by atoms with E-state index in [4.69, 9.17) is 5.73 Å². The van der Waals surface area contributed by atoms with Crippen LogP contribution >= 0.6 is 0 Å². The summed E-state index contributed by atoms with van der Waals surface area (Å²) in [6.07, 6.45) is 3.75. The van der Waals surface area contributed by atoms with E-state index in [0.717, 1.165) is 18.4 Å². The molecule has 1 atom stereocenters. The molecule has 15 heavy (non-hydrogen) atoms. The van der Waals surface area contributed by atoms with Crippen LogP contribution in [0.4, 0.5) is 0 Å². The van der Waals surface area contributed by atoms with Crippen molar-refractivity contribution in [3.05, 3.63) is 11.6 Å². The third-order valence-corrected chi connectivity index (χ3v) is 2.24. The lowest BCUT2D eigenvalue weighted by Gasteiger charge is -2.18. The van der Waals surface area contributed by atoms with E-state index in [2.05, 4.69) is 19.2 Å². The highest BCUT2D eigenvalue weighted by molar-refractivity contribution is 5.92. The van der Waals surface area contributed by atoms with Crippen molar-refractivity contribution in [1.82, 2.24) is 5.32 Å². The fourth-order valence-electron chi connectivity index (χ4n) is 1.48. The quantitative estimate of drug-likeness (QED) is 0.660. The van der Waals surface area contributed by atoms with Crippen LogP contribution in [-0.4, -0.2) is 18.5 Å². The van der Waals surface area contributed by atoms with Gasteiger partial charge in [0, 0.05) is 18.2 Å². The Balaban J connectivity index is 4.18. The molecule has 0 aliphatic heterocycles. The van der Waals surface area contributed by atoms with Crippen LogP contribution in [0.2, 0.25) is 0 Å². The summed E-state index contributed by atoms with van der Waals surface area (Å²) in [7, 11) is 0. The lowest BCUT2D eigenvalue weighted by Crippen LogP contribution is -2.41. The van der Waals surface area contributed by atoms with E-state index < -0.39 is 0 Å². The van der Waals surface area contributed by atoms with Gasteiger partial charge in [0.1, 0.15) is 0 Å². The number of hydrogen-bond acceptors (Lipinski definition) is 2. The van der Waals surface area contributed by atoms with Crippen LogP contribution in [0.3, 0.4) is 0 Å². The molecule has 88 valence electrons. The molecule has 0 heterocycles. The number of rotatable bonds is 6. The SMILES string of the molecule is CCC=C(C)C(=O)NC(CN)CC(C)C. The van der Waals surface area contributed by atoms with Crippen molar-refractivity contribution in [3.8, 4) is 0 Å². The van der Waals surface area contributed by atoms with E-state index in [1.165, 1.54) is 0 Å². The molecule has 0 aromatic heterocycles. The molecule has 0 saturated heterocycles. The average molecular weight is 212 g/mol. The summed E-state index contributed by atoms with van der Waals surface area (Å²) in [6, 6.07) is 0.0951. The first kappa shape index (κ1) is 14.2. The molecule has 1 amide bonds. The smallest absolute Gasteiger partial charge is 0.246 e. The van der Waals surface area contributed by atoms with Crippen molar-refractivity contribution in [2.75, 3.05) is 6.54 Å². The normalized spacial score (nSPS) is 14.1. The molecule has 3 N–H and O–H groups in total. The standard InChI is InChI=1S/C12H24N2O/c1-5-6-10(4)12(15)14-11(8-13)7-9(2)3/h6,9,11H,5,7-8,13H2,1-4H3,(H,14,15). The van der Waals surface area contributed by atoms with Crippen LogP contribution in [0.25, 0.3) is 0 Å². The molecule has 0 rings (SSSR count). The van der Waals surface area contributed by atoms with Crippen molar-refractivity contribution in [2.45, 2.75) is 46.6 Å². The monoisotopic (exact) mass is 212 g/mol. The Morgan fingerprint density at radius 3 is 2.47 bits per heavy atom. The molecule has 0 aliphatic carbocycles. The lowest BCUT2D eigenvalue weighted by atomic mass is 10.0. The first-order chi connectivity index (χ1) is 7.01. The third kappa shape index (κ3) is 6.28. The average Bonchev–Trinajstić information content (AvgIpc) is 2.16. The molecule has 1 unspecified atom stereocenters. The molecule has 0 bridgehead atoms. The summed E-state index contributed by atoms with van der Waals surface area (Å²) >= 11 is 0. The van der Waals surface area contributed by atoms with Gasteiger partial charge in [0.25, 0.3) is 0 Å². The van der Waals surface area contributed by atoms with Gasteiger partial charge in [0.15, 0.2) is 0 Å². The van der Waals surface area contributed by atoms with E-state index >= 15 is 0 Å². The van der Waals surface area contributed by atoms with Crippen molar-refractivity contribution in [2.24, 2.45) is 11.7 Å². The van der Waals surface area contributed by atoms with Gasteiger partial charge in [-0.1, -0.05) is 26.8 Å². The van der Waals surface area contributed by atoms with Gasteiger partial charge in [-0.05, 0) is 25.7 Å². The molecule has 3 nitrogen and oxygen atoms in total. The predicted molar refractivity (Wildman–Crippen MR) is 64.5 cm³/mol. The van der Waals surface area contributed by atoms with Gasteiger partial charge in [-0.2, -0.15) is 0 Å². The molecule has 0 radical (unpaired) electrons. The number of carbonyl (C=O) groups excluding carboxylic acids is 1. The molecule has 0 aliphatic rings. The zero-order chi connectivity index (χ0) is 11.8. The van der Waals surface area contributed by atoms with E-state index in [1.54, 1.807) is 0 Å². The molecule has 0 aromatic carbocycles. The number of allylic oxidation sites excluding steroid dienone is 1. The minimum atomic E-state index is 0.00736. The van der Waals surface area contributed by atoms with E-state index in [0.29, 0.717) is 12.5 Å². The Bertz CT molecular complexity index is 222. The number of nitrogens with one attached hydrogen (secondary N) is 1. The second kappa shape index (κ2) is 7.46. The van der Waals surface area contributed by atoms with Crippen molar-refractivity contribution < 1.29 is 4.79 Å². The number of hydrogen-bond donors (Lipinski definition) is 2. The molecule has 0 fully saturated rings. The maximum absolute atomic E-state index is 11.6. The van der Waals surface area contributed by atoms with Gasteiger partial charge in [-0.3, -0.25) is 4.79 Å². The van der Waals surface area contributed by atoms with Gasteiger partial charge < -0.3 is 11.1 Å². The molecule has 0 spiro atoms. The molecule has 3 heteroatoms. The first-order valence-corrected chi connectivity index (χ1v) is 5.68. The molecule has 0 aromatic rings. The van der Waals surface area contributed by atoms with Crippen LogP contribution in [-0.2, 0) is 4.79 Å². The molecule has 0 saturated carbocycles. The number of amides is 1. The van der Waals surface area contributed by atoms with Crippen LogP contribution in [0.5, 0.6) is 0 Å². The van der Waals surface area contributed by atoms with Crippen LogP contribution < -0.4 is 11.1 Å². The maximum Gasteiger partial charge on any atom is 0.246 e. The highest BCUT2D eigenvalue weighted by Crippen LogP contribution is 2.05. The number of carbonyl (C=O) groups is 1. The van der Waals surface area contributed by atoms with Gasteiger partial charge in [-0.25, -0.2) is 0 Å². The van der Waals surface area contributed by atoms with E-state index in [1.807, 2.05) is 19.9 Å². The number of nitrogens with two attached hydrogens (primary N) is 1. The van der Waals surface area contributed by atoms with E-state index in [9.17, 15) is 4.79 Å². The summed E-state index contributed by atoms with van der Waals surface area (Å²) in [5, 5.41) is 2.95. The van der Waals surface area contributed by atoms with E-state index in [-0.39, 0.29) is 11.9 Å².